The van der Waals surface area contributed by atoms with E-state index in [4.69, 9.17) is 17.0 Å². The number of hydrogen-bond acceptors (Lipinski definition) is 2. The van der Waals surface area contributed by atoms with E-state index in [2.05, 4.69) is 4.98 Å². The van der Waals surface area contributed by atoms with Crippen molar-refractivity contribution in [3.05, 3.63) is 64.9 Å². The van der Waals surface area contributed by atoms with Crippen LogP contribution >= 0.6 is 11.6 Å². The van der Waals surface area contributed by atoms with Gasteiger partial charge in [-0.1, -0.05) is 48.0 Å². The van der Waals surface area contributed by atoms with Crippen molar-refractivity contribution in [2.24, 2.45) is 0 Å². The lowest BCUT2D eigenvalue weighted by atomic mass is 10.1. The van der Waals surface area contributed by atoms with Gasteiger partial charge in [0, 0.05) is 17.8 Å². The van der Waals surface area contributed by atoms with E-state index in [-0.39, 0.29) is 0 Å². The van der Waals surface area contributed by atoms with E-state index in [1.54, 1.807) is 6.07 Å². The molecule has 3 heteroatoms. The van der Waals surface area contributed by atoms with Gasteiger partial charge >= 0.3 is 0 Å². The quantitative estimate of drug-likeness (QED) is 0.637. The lowest BCUT2D eigenvalue weighted by Crippen LogP contribution is -2.04. The second-order valence-corrected chi connectivity index (χ2v) is 3.86. The molecule has 2 rings (SSSR count). The first-order valence-electron chi connectivity index (χ1n) is 5.00. The van der Waals surface area contributed by atoms with Crippen LogP contribution in [0.15, 0.2) is 48.5 Å². The van der Waals surface area contributed by atoms with Gasteiger partial charge in [0.2, 0.25) is 0 Å². The first-order valence-corrected chi connectivity index (χ1v) is 5.38. The van der Waals surface area contributed by atoms with Crippen molar-refractivity contribution in [2.75, 3.05) is 0 Å². The largest absolute Gasteiger partial charge is 0.304 e. The Balaban J connectivity index is 2.14. The molecule has 2 nitrogen and oxygen atoms in total. The lowest BCUT2D eigenvalue weighted by Gasteiger charge is -2.03. The zero-order valence-corrected chi connectivity index (χ0v) is 9.41. The third kappa shape index (κ3) is 2.67. The molecule has 1 heterocycles. The third-order valence-electron chi connectivity index (χ3n) is 2.25. The van der Waals surface area contributed by atoms with E-state index < -0.39 is 0 Å². The molecule has 0 saturated carbocycles. The topological polar surface area (TPSA) is 36.7 Å². The number of pyridine rings is 1. The normalized spacial score (nSPS) is 10.1. The summed E-state index contributed by atoms with van der Waals surface area (Å²) >= 11 is 5.79. The van der Waals surface area contributed by atoms with Crippen molar-refractivity contribution in [1.82, 2.24) is 4.98 Å². The molecule has 0 fully saturated rings. The summed E-state index contributed by atoms with van der Waals surface area (Å²) in [5.41, 5.74) is 2.29. The molecular weight excluding hydrogens is 220 g/mol. The summed E-state index contributed by atoms with van der Waals surface area (Å²) in [6.07, 6.45) is 0.505. The van der Waals surface area contributed by atoms with Crippen LogP contribution in [0.5, 0.6) is 0 Å². The van der Waals surface area contributed by atoms with Crippen LogP contribution in [0.2, 0.25) is 5.15 Å². The maximum absolute atomic E-state index is 7.95. The van der Waals surface area contributed by atoms with E-state index >= 15 is 0 Å². The van der Waals surface area contributed by atoms with Gasteiger partial charge in [-0.05, 0) is 17.7 Å². The molecule has 1 aromatic heterocycles. The first kappa shape index (κ1) is 10.8. The smallest absolute Gasteiger partial charge is 0.129 e. The minimum atomic E-state index is 0.471. The molecule has 0 spiro atoms. The fourth-order valence-corrected chi connectivity index (χ4v) is 1.65. The SMILES string of the molecule is N=C(Cc1cccc(Cl)n1)c1ccccc1. The van der Waals surface area contributed by atoms with Gasteiger partial charge in [-0.2, -0.15) is 0 Å². The third-order valence-corrected chi connectivity index (χ3v) is 2.46. The highest BCUT2D eigenvalue weighted by Crippen LogP contribution is 2.09. The highest BCUT2D eigenvalue weighted by Gasteiger charge is 2.03. The Morgan fingerprint density at radius 3 is 2.50 bits per heavy atom. The molecule has 80 valence electrons. The van der Waals surface area contributed by atoms with Gasteiger partial charge in [-0.25, -0.2) is 4.98 Å². The average molecular weight is 231 g/mol. The van der Waals surface area contributed by atoms with Gasteiger partial charge < -0.3 is 5.41 Å². The fraction of sp³-hybridized carbons (Fsp3) is 0.0769. The van der Waals surface area contributed by atoms with Gasteiger partial charge in [0.05, 0.1) is 0 Å². The van der Waals surface area contributed by atoms with Gasteiger partial charge in [-0.15, -0.1) is 0 Å². The van der Waals surface area contributed by atoms with Crippen molar-refractivity contribution in [3.63, 3.8) is 0 Å². The number of nitrogens with zero attached hydrogens (tertiary/aromatic N) is 1. The minimum Gasteiger partial charge on any atom is -0.304 e. The van der Waals surface area contributed by atoms with Gasteiger partial charge in [0.25, 0.3) is 0 Å². The van der Waals surface area contributed by atoms with Gasteiger partial charge in [-0.3, -0.25) is 0 Å². The van der Waals surface area contributed by atoms with E-state index in [0.717, 1.165) is 11.3 Å². The second kappa shape index (κ2) is 4.90. The minimum absolute atomic E-state index is 0.471. The molecule has 16 heavy (non-hydrogen) atoms. The van der Waals surface area contributed by atoms with Gasteiger partial charge in [0.1, 0.15) is 5.15 Å². The molecule has 1 N–H and O–H groups in total. The molecule has 0 unspecified atom stereocenters. The molecule has 0 aliphatic carbocycles. The highest BCUT2D eigenvalue weighted by atomic mass is 35.5. The first-order chi connectivity index (χ1) is 7.75. The van der Waals surface area contributed by atoms with Crippen LogP contribution in [0.3, 0.4) is 0 Å². The maximum Gasteiger partial charge on any atom is 0.129 e. The van der Waals surface area contributed by atoms with Crippen LogP contribution in [-0.4, -0.2) is 10.7 Å². The molecule has 0 aliphatic heterocycles. The molecule has 0 bridgehead atoms. The maximum atomic E-state index is 7.95. The zero-order chi connectivity index (χ0) is 11.4. The van der Waals surface area contributed by atoms with E-state index in [1.165, 1.54) is 0 Å². The monoisotopic (exact) mass is 230 g/mol. The summed E-state index contributed by atoms with van der Waals surface area (Å²) in [6.45, 7) is 0. The molecule has 0 amide bonds. The summed E-state index contributed by atoms with van der Waals surface area (Å²) in [7, 11) is 0. The van der Waals surface area contributed by atoms with Crippen LogP contribution in [-0.2, 0) is 6.42 Å². The van der Waals surface area contributed by atoms with Crippen molar-refractivity contribution < 1.29 is 0 Å². The molecule has 0 atom stereocenters. The summed E-state index contributed by atoms with van der Waals surface area (Å²) in [4.78, 5) is 4.16. The van der Waals surface area contributed by atoms with Crippen molar-refractivity contribution in [3.8, 4) is 0 Å². The Kier molecular flexibility index (Phi) is 3.32. The molecule has 1 aromatic carbocycles. The Labute approximate surface area is 99.4 Å². The summed E-state index contributed by atoms with van der Waals surface area (Å²) in [5, 5.41) is 8.43. The Morgan fingerprint density at radius 2 is 1.81 bits per heavy atom. The van der Waals surface area contributed by atoms with Crippen LogP contribution in [0.25, 0.3) is 0 Å². The van der Waals surface area contributed by atoms with Gasteiger partial charge in [0.15, 0.2) is 0 Å². The van der Waals surface area contributed by atoms with Crippen molar-refractivity contribution in [2.45, 2.75) is 6.42 Å². The number of benzene rings is 1. The fourth-order valence-electron chi connectivity index (χ4n) is 1.47. The molecule has 0 radical (unpaired) electrons. The molecule has 0 aliphatic rings. The van der Waals surface area contributed by atoms with Crippen molar-refractivity contribution in [1.29, 1.82) is 5.41 Å². The second-order valence-electron chi connectivity index (χ2n) is 3.47. The lowest BCUT2D eigenvalue weighted by molar-refractivity contribution is 1.13. The molecule has 0 saturated heterocycles. The van der Waals surface area contributed by atoms with E-state index in [9.17, 15) is 0 Å². The number of hydrogen-bond donors (Lipinski definition) is 1. The van der Waals surface area contributed by atoms with E-state index in [1.807, 2.05) is 42.5 Å². The number of rotatable bonds is 3. The standard InChI is InChI=1S/C13H11ClN2/c14-13-8-4-7-11(16-13)9-12(15)10-5-2-1-3-6-10/h1-8,15H,9H2. The summed E-state index contributed by atoms with van der Waals surface area (Å²) in [6, 6.07) is 15.1. The van der Waals surface area contributed by atoms with E-state index in [0.29, 0.717) is 17.3 Å². The highest BCUT2D eigenvalue weighted by molar-refractivity contribution is 6.29. The van der Waals surface area contributed by atoms with Crippen LogP contribution in [0.1, 0.15) is 11.3 Å². The molecular formula is C13H11ClN2. The number of nitrogens with one attached hydrogen (secondary N) is 1. The summed E-state index contributed by atoms with van der Waals surface area (Å²) < 4.78 is 0. The Morgan fingerprint density at radius 1 is 1.06 bits per heavy atom. The van der Waals surface area contributed by atoms with Crippen LogP contribution in [0.4, 0.5) is 0 Å². The summed E-state index contributed by atoms with van der Waals surface area (Å²) in [5.74, 6) is 0. The zero-order valence-electron chi connectivity index (χ0n) is 8.65. The number of halogens is 1. The van der Waals surface area contributed by atoms with Crippen LogP contribution in [0, 0.1) is 5.41 Å². The predicted molar refractivity (Wildman–Crippen MR) is 66.2 cm³/mol. The Hall–Kier alpha value is -1.67. The van der Waals surface area contributed by atoms with Crippen LogP contribution < -0.4 is 0 Å². The Bertz CT molecular complexity index is 494. The predicted octanol–water partition coefficient (Wildman–Crippen LogP) is 3.35. The van der Waals surface area contributed by atoms with Crippen molar-refractivity contribution >= 4 is 17.3 Å². The average Bonchev–Trinajstić information content (AvgIpc) is 2.30. The number of aromatic nitrogens is 1. The molecule has 2 aromatic rings.